The van der Waals surface area contributed by atoms with E-state index in [2.05, 4.69) is 112 Å². The van der Waals surface area contributed by atoms with E-state index in [1.54, 1.807) is 0 Å². The molecule has 7 aromatic rings. The van der Waals surface area contributed by atoms with Gasteiger partial charge in [0.2, 0.25) is 0 Å². The zero-order valence-electron chi connectivity index (χ0n) is 26.0. The fourth-order valence-corrected chi connectivity index (χ4v) is 5.97. The SMILES string of the molecule is Cc1ccnc(-n2c3[c-]c(Oc4[c-]c(-n5nc(C)c(-c6ccccc6)c5CC(C)(C)C)ccc4)ccc3c3ccccc32)c1.[Pd+2]. The van der Waals surface area contributed by atoms with Crippen molar-refractivity contribution in [3.05, 3.63) is 132 Å². The van der Waals surface area contributed by atoms with Gasteiger partial charge in [0, 0.05) is 28.8 Å². The maximum absolute atomic E-state index is 6.44. The number of aryl methyl sites for hydroxylation is 2. The van der Waals surface area contributed by atoms with Crippen molar-refractivity contribution in [2.45, 2.75) is 41.0 Å². The van der Waals surface area contributed by atoms with Gasteiger partial charge in [0.1, 0.15) is 5.82 Å². The summed E-state index contributed by atoms with van der Waals surface area (Å²) in [6.07, 6.45) is 2.71. The van der Waals surface area contributed by atoms with Crippen LogP contribution in [-0.2, 0) is 26.8 Å². The van der Waals surface area contributed by atoms with E-state index in [1.165, 1.54) is 11.1 Å². The van der Waals surface area contributed by atoms with E-state index in [9.17, 15) is 0 Å². The van der Waals surface area contributed by atoms with Gasteiger partial charge in [-0.15, -0.1) is 35.7 Å². The second kappa shape index (κ2) is 12.1. The first-order valence-electron chi connectivity index (χ1n) is 15.0. The first-order valence-corrected chi connectivity index (χ1v) is 15.0. The van der Waals surface area contributed by atoms with Crippen LogP contribution in [0.4, 0.5) is 0 Å². The molecule has 226 valence electrons. The van der Waals surface area contributed by atoms with Gasteiger partial charge in [0.15, 0.2) is 0 Å². The smallest absolute Gasteiger partial charge is 0.509 e. The molecule has 0 aliphatic rings. The summed E-state index contributed by atoms with van der Waals surface area (Å²) in [6.45, 7) is 10.9. The molecule has 0 unspecified atom stereocenters. The Kier molecular flexibility index (Phi) is 8.22. The van der Waals surface area contributed by atoms with Crippen molar-refractivity contribution in [2.75, 3.05) is 0 Å². The number of pyridine rings is 1. The quantitative estimate of drug-likeness (QED) is 0.130. The largest absolute Gasteiger partial charge is 2.00 e. The molecule has 5 nitrogen and oxygen atoms in total. The van der Waals surface area contributed by atoms with Crippen molar-refractivity contribution in [3.8, 4) is 34.1 Å². The minimum atomic E-state index is 0. The molecule has 0 aliphatic carbocycles. The molecule has 0 bridgehead atoms. The topological polar surface area (TPSA) is 44.9 Å². The number of rotatable bonds is 6. The average molecular weight is 681 g/mol. The van der Waals surface area contributed by atoms with Crippen LogP contribution in [0.3, 0.4) is 0 Å². The third-order valence-electron chi connectivity index (χ3n) is 7.80. The van der Waals surface area contributed by atoms with Crippen molar-refractivity contribution in [2.24, 2.45) is 5.41 Å². The van der Waals surface area contributed by atoms with Crippen molar-refractivity contribution in [1.82, 2.24) is 19.3 Å². The zero-order valence-corrected chi connectivity index (χ0v) is 27.6. The van der Waals surface area contributed by atoms with E-state index in [-0.39, 0.29) is 25.8 Å². The second-order valence-corrected chi connectivity index (χ2v) is 12.6. The van der Waals surface area contributed by atoms with E-state index < -0.39 is 0 Å². The molecular weight excluding hydrogens is 647 g/mol. The molecule has 3 aromatic heterocycles. The van der Waals surface area contributed by atoms with Crippen LogP contribution in [0.25, 0.3) is 44.4 Å². The van der Waals surface area contributed by atoms with Crippen LogP contribution >= 0.6 is 0 Å². The summed E-state index contributed by atoms with van der Waals surface area (Å²) >= 11 is 0. The Morgan fingerprint density at radius 3 is 2.31 bits per heavy atom. The van der Waals surface area contributed by atoms with Crippen molar-refractivity contribution < 1.29 is 25.2 Å². The summed E-state index contributed by atoms with van der Waals surface area (Å²) in [5, 5.41) is 7.27. The fourth-order valence-electron chi connectivity index (χ4n) is 5.97. The minimum absolute atomic E-state index is 0. The van der Waals surface area contributed by atoms with Gasteiger partial charge in [-0.25, -0.2) is 4.98 Å². The predicted octanol–water partition coefficient (Wildman–Crippen LogP) is 9.63. The normalized spacial score (nSPS) is 11.6. The van der Waals surface area contributed by atoms with E-state index in [4.69, 9.17) is 14.8 Å². The molecular formula is C39H34N4OPd. The maximum atomic E-state index is 6.44. The van der Waals surface area contributed by atoms with Crippen LogP contribution in [0.2, 0.25) is 0 Å². The van der Waals surface area contributed by atoms with Gasteiger partial charge in [-0.2, -0.15) is 17.2 Å². The molecule has 6 heteroatoms. The first kappa shape index (κ1) is 30.5. The van der Waals surface area contributed by atoms with Gasteiger partial charge in [0.05, 0.1) is 11.4 Å². The van der Waals surface area contributed by atoms with Crippen LogP contribution in [0.15, 0.2) is 103 Å². The standard InChI is InChI=1S/C39H34N4O.Pd/c1-26-20-21-40-37(22-26)42-34-17-10-9-16-32(34)33-19-18-31(24-35(33)42)44-30-15-11-14-29(23-30)43-36(25-39(3,4)5)38(27(2)41-43)28-12-7-6-8-13-28;/h6-22H,25H2,1-5H3;/q-2;+2. The summed E-state index contributed by atoms with van der Waals surface area (Å²) in [5.41, 5.74) is 8.56. The Morgan fingerprint density at radius 2 is 1.53 bits per heavy atom. The Hall–Kier alpha value is -4.50. The van der Waals surface area contributed by atoms with Crippen molar-refractivity contribution in [1.29, 1.82) is 0 Å². The van der Waals surface area contributed by atoms with Crippen molar-refractivity contribution >= 4 is 21.8 Å². The van der Waals surface area contributed by atoms with Gasteiger partial charge in [0.25, 0.3) is 0 Å². The number of benzene rings is 4. The molecule has 3 heterocycles. The summed E-state index contributed by atoms with van der Waals surface area (Å²) in [7, 11) is 0. The van der Waals surface area contributed by atoms with Crippen LogP contribution in [-0.4, -0.2) is 19.3 Å². The van der Waals surface area contributed by atoms with E-state index in [0.29, 0.717) is 11.5 Å². The number of ether oxygens (including phenoxy) is 1. The maximum Gasteiger partial charge on any atom is 2.00 e. The molecule has 7 rings (SSSR count). The summed E-state index contributed by atoms with van der Waals surface area (Å²) in [5.74, 6) is 2.07. The molecule has 0 saturated heterocycles. The fraction of sp³-hybridized carbons (Fsp3) is 0.179. The van der Waals surface area contributed by atoms with Gasteiger partial charge >= 0.3 is 20.4 Å². The number of para-hydroxylation sites is 1. The van der Waals surface area contributed by atoms with Gasteiger partial charge in [-0.05, 0) is 66.1 Å². The van der Waals surface area contributed by atoms with Crippen LogP contribution < -0.4 is 4.74 Å². The van der Waals surface area contributed by atoms with Crippen LogP contribution in [0, 0.1) is 31.4 Å². The van der Waals surface area contributed by atoms with Crippen LogP contribution in [0.5, 0.6) is 11.5 Å². The summed E-state index contributed by atoms with van der Waals surface area (Å²) in [6, 6.07) is 40.1. The van der Waals surface area contributed by atoms with E-state index in [1.807, 2.05) is 47.3 Å². The number of hydrogen-bond acceptors (Lipinski definition) is 3. The van der Waals surface area contributed by atoms with Crippen LogP contribution in [0.1, 0.15) is 37.7 Å². The molecule has 0 aliphatic heterocycles. The summed E-state index contributed by atoms with van der Waals surface area (Å²) in [4.78, 5) is 4.69. The molecule has 0 N–H and O–H groups in total. The van der Waals surface area contributed by atoms with Gasteiger partial charge in [-0.1, -0.05) is 74.8 Å². The molecule has 45 heavy (non-hydrogen) atoms. The van der Waals surface area contributed by atoms with Crippen molar-refractivity contribution in [3.63, 3.8) is 0 Å². The summed E-state index contributed by atoms with van der Waals surface area (Å²) < 4.78 is 10.6. The second-order valence-electron chi connectivity index (χ2n) is 12.6. The molecule has 0 radical (unpaired) electrons. The number of fused-ring (bicyclic) bond motifs is 3. The Balaban J connectivity index is 0.00000357. The molecule has 0 saturated carbocycles. The number of aromatic nitrogens is 4. The average Bonchev–Trinajstić information content (AvgIpc) is 3.50. The number of hydrogen-bond donors (Lipinski definition) is 0. The van der Waals surface area contributed by atoms with E-state index in [0.717, 1.165) is 56.7 Å². The van der Waals surface area contributed by atoms with Gasteiger partial charge in [-0.3, -0.25) is 4.68 Å². The van der Waals surface area contributed by atoms with Gasteiger partial charge < -0.3 is 9.30 Å². The molecule has 0 fully saturated rings. The Labute approximate surface area is 278 Å². The molecule has 0 amide bonds. The zero-order chi connectivity index (χ0) is 30.4. The monoisotopic (exact) mass is 680 g/mol. The Morgan fingerprint density at radius 1 is 0.778 bits per heavy atom. The first-order chi connectivity index (χ1) is 21.2. The molecule has 0 spiro atoms. The molecule has 0 atom stereocenters. The minimum Gasteiger partial charge on any atom is -0.509 e. The third kappa shape index (κ3) is 5.97. The third-order valence-corrected chi connectivity index (χ3v) is 7.80. The Bertz CT molecular complexity index is 2140. The number of nitrogens with zero attached hydrogens (tertiary/aromatic N) is 4. The van der Waals surface area contributed by atoms with E-state index >= 15 is 0 Å². The predicted molar refractivity (Wildman–Crippen MR) is 178 cm³/mol. The molecule has 4 aromatic carbocycles.